The Labute approximate surface area is 125 Å². The summed E-state index contributed by atoms with van der Waals surface area (Å²) in [5.74, 6) is 0.430. The van der Waals surface area contributed by atoms with Crippen LogP contribution in [0, 0.1) is 17.0 Å². The standard InChI is InChI=1S/C12H11ClN2O5S/c1-8-5-10(13)11(15(16)17)6-12(8)21(18,19)14-7-9-3-2-4-20-9/h2-6,14H,7H2,1H3. The number of nitrogens with zero attached hydrogens (tertiary/aromatic N) is 1. The molecule has 1 N–H and O–H groups in total. The molecule has 0 atom stereocenters. The van der Waals surface area contributed by atoms with Gasteiger partial charge in [-0.3, -0.25) is 10.1 Å². The molecule has 7 nitrogen and oxygen atoms in total. The molecule has 0 unspecified atom stereocenters. The first-order valence-electron chi connectivity index (χ1n) is 5.78. The smallest absolute Gasteiger partial charge is 0.289 e. The van der Waals surface area contributed by atoms with Crippen molar-refractivity contribution >= 4 is 27.3 Å². The maximum atomic E-state index is 12.2. The van der Waals surface area contributed by atoms with E-state index in [1.807, 2.05) is 0 Å². The summed E-state index contributed by atoms with van der Waals surface area (Å²) in [6.45, 7) is 1.46. The van der Waals surface area contributed by atoms with E-state index in [1.54, 1.807) is 12.1 Å². The molecule has 1 aromatic heterocycles. The van der Waals surface area contributed by atoms with Gasteiger partial charge in [0.25, 0.3) is 5.69 Å². The highest BCUT2D eigenvalue weighted by Crippen LogP contribution is 2.30. The van der Waals surface area contributed by atoms with Crippen molar-refractivity contribution in [3.05, 3.63) is 57.0 Å². The van der Waals surface area contributed by atoms with E-state index < -0.39 is 20.6 Å². The van der Waals surface area contributed by atoms with E-state index in [-0.39, 0.29) is 16.5 Å². The third-order valence-electron chi connectivity index (χ3n) is 2.75. The zero-order chi connectivity index (χ0) is 15.6. The van der Waals surface area contributed by atoms with Crippen molar-refractivity contribution in [1.82, 2.24) is 4.72 Å². The fourth-order valence-electron chi connectivity index (χ4n) is 1.73. The van der Waals surface area contributed by atoms with Crippen molar-refractivity contribution in [2.24, 2.45) is 0 Å². The summed E-state index contributed by atoms with van der Waals surface area (Å²) < 4.78 is 31.8. The molecule has 21 heavy (non-hydrogen) atoms. The molecule has 0 aliphatic rings. The molecular formula is C12H11ClN2O5S. The fourth-order valence-corrected chi connectivity index (χ4v) is 3.25. The Bertz CT molecular complexity index is 771. The third kappa shape index (κ3) is 3.41. The Morgan fingerprint density at radius 3 is 2.71 bits per heavy atom. The van der Waals surface area contributed by atoms with Gasteiger partial charge < -0.3 is 4.42 Å². The summed E-state index contributed by atoms with van der Waals surface area (Å²) in [7, 11) is -3.91. The number of rotatable bonds is 5. The van der Waals surface area contributed by atoms with E-state index in [0.717, 1.165) is 6.07 Å². The van der Waals surface area contributed by atoms with Gasteiger partial charge in [-0.25, -0.2) is 13.1 Å². The summed E-state index contributed by atoms with van der Waals surface area (Å²) in [5, 5.41) is 10.7. The van der Waals surface area contributed by atoms with E-state index in [4.69, 9.17) is 16.0 Å². The lowest BCUT2D eigenvalue weighted by molar-refractivity contribution is -0.384. The van der Waals surface area contributed by atoms with E-state index in [1.165, 1.54) is 19.3 Å². The number of nitrogens with one attached hydrogen (secondary N) is 1. The molecule has 0 spiro atoms. The van der Waals surface area contributed by atoms with E-state index in [0.29, 0.717) is 11.3 Å². The van der Waals surface area contributed by atoms with Crippen LogP contribution in [0.5, 0.6) is 0 Å². The molecule has 2 rings (SSSR count). The topological polar surface area (TPSA) is 102 Å². The second-order valence-corrected chi connectivity index (χ2v) is 6.37. The minimum absolute atomic E-state index is 0.0504. The van der Waals surface area contributed by atoms with Crippen molar-refractivity contribution in [2.75, 3.05) is 0 Å². The Hall–Kier alpha value is -1.90. The number of sulfonamides is 1. The molecular weight excluding hydrogens is 320 g/mol. The maximum Gasteiger partial charge on any atom is 0.289 e. The summed E-state index contributed by atoms with van der Waals surface area (Å²) in [6.07, 6.45) is 1.42. The second kappa shape index (κ2) is 5.84. The predicted molar refractivity (Wildman–Crippen MR) is 75.6 cm³/mol. The van der Waals surface area contributed by atoms with Crippen LogP contribution in [0.2, 0.25) is 5.02 Å². The molecule has 0 saturated carbocycles. The van der Waals surface area contributed by atoms with Crippen LogP contribution < -0.4 is 4.72 Å². The summed E-state index contributed by atoms with van der Waals surface area (Å²) in [6, 6.07) is 5.44. The van der Waals surface area contributed by atoms with Crippen LogP contribution in [0.1, 0.15) is 11.3 Å². The number of benzene rings is 1. The van der Waals surface area contributed by atoms with Crippen molar-refractivity contribution in [3.63, 3.8) is 0 Å². The van der Waals surface area contributed by atoms with Crippen molar-refractivity contribution < 1.29 is 17.8 Å². The number of nitro benzene ring substituents is 1. The highest BCUT2D eigenvalue weighted by atomic mass is 35.5. The molecule has 9 heteroatoms. The first-order chi connectivity index (χ1) is 9.81. The minimum Gasteiger partial charge on any atom is -0.468 e. The minimum atomic E-state index is -3.91. The molecule has 0 aliphatic carbocycles. The second-order valence-electron chi connectivity index (χ2n) is 4.23. The van der Waals surface area contributed by atoms with Crippen molar-refractivity contribution in [1.29, 1.82) is 0 Å². The van der Waals surface area contributed by atoms with Crippen LogP contribution in [0.3, 0.4) is 0 Å². The molecule has 0 aliphatic heterocycles. The molecule has 112 valence electrons. The summed E-state index contributed by atoms with van der Waals surface area (Å²) in [4.78, 5) is 9.93. The maximum absolute atomic E-state index is 12.2. The number of furan rings is 1. The van der Waals surface area contributed by atoms with Crippen LogP contribution >= 0.6 is 11.6 Å². The Balaban J connectivity index is 2.35. The molecule has 1 heterocycles. The van der Waals surface area contributed by atoms with Crippen LogP contribution in [0.15, 0.2) is 39.8 Å². The van der Waals surface area contributed by atoms with Crippen LogP contribution in [-0.4, -0.2) is 13.3 Å². The van der Waals surface area contributed by atoms with Gasteiger partial charge in [-0.1, -0.05) is 11.6 Å². The molecule has 0 radical (unpaired) electrons. The molecule has 0 bridgehead atoms. The van der Waals surface area contributed by atoms with Gasteiger partial charge in [0.15, 0.2) is 0 Å². The van der Waals surface area contributed by atoms with Gasteiger partial charge in [0.2, 0.25) is 10.0 Å². The van der Waals surface area contributed by atoms with E-state index in [2.05, 4.69) is 4.72 Å². The van der Waals surface area contributed by atoms with Crippen LogP contribution in [0.4, 0.5) is 5.69 Å². The van der Waals surface area contributed by atoms with Crippen LogP contribution in [0.25, 0.3) is 0 Å². The monoisotopic (exact) mass is 330 g/mol. The molecule has 0 amide bonds. The lowest BCUT2D eigenvalue weighted by Crippen LogP contribution is -2.24. The SMILES string of the molecule is Cc1cc(Cl)c([N+](=O)[O-])cc1S(=O)(=O)NCc1ccco1. The fraction of sp³-hybridized carbons (Fsp3) is 0.167. The van der Waals surface area contributed by atoms with Gasteiger partial charge in [-0.05, 0) is 30.7 Å². The largest absolute Gasteiger partial charge is 0.468 e. The third-order valence-corrected chi connectivity index (χ3v) is 4.59. The van der Waals surface area contributed by atoms with Crippen molar-refractivity contribution in [2.45, 2.75) is 18.4 Å². The van der Waals surface area contributed by atoms with Gasteiger partial charge in [0.1, 0.15) is 10.8 Å². The number of aryl methyl sites for hydroxylation is 1. The lowest BCUT2D eigenvalue weighted by Gasteiger charge is -2.09. The molecule has 1 aromatic carbocycles. The van der Waals surface area contributed by atoms with Gasteiger partial charge in [0, 0.05) is 6.07 Å². The zero-order valence-electron chi connectivity index (χ0n) is 10.9. The zero-order valence-corrected chi connectivity index (χ0v) is 12.4. The van der Waals surface area contributed by atoms with E-state index in [9.17, 15) is 18.5 Å². The lowest BCUT2D eigenvalue weighted by atomic mass is 10.2. The molecule has 0 saturated heterocycles. The number of nitro groups is 1. The molecule has 0 fully saturated rings. The quantitative estimate of drug-likeness (QED) is 0.670. The van der Waals surface area contributed by atoms with Gasteiger partial charge in [-0.2, -0.15) is 0 Å². The average Bonchev–Trinajstić information content (AvgIpc) is 2.88. The first-order valence-corrected chi connectivity index (χ1v) is 7.64. The summed E-state index contributed by atoms with van der Waals surface area (Å²) >= 11 is 5.73. The first kappa shape index (κ1) is 15.5. The number of halogens is 1. The van der Waals surface area contributed by atoms with Gasteiger partial charge in [-0.15, -0.1) is 0 Å². The normalized spacial score (nSPS) is 11.5. The van der Waals surface area contributed by atoms with Gasteiger partial charge in [0.05, 0.1) is 22.6 Å². The van der Waals surface area contributed by atoms with Crippen LogP contribution in [-0.2, 0) is 16.6 Å². The predicted octanol–water partition coefficient (Wildman–Crippen LogP) is 2.63. The molecule has 2 aromatic rings. The van der Waals surface area contributed by atoms with Crippen molar-refractivity contribution in [3.8, 4) is 0 Å². The number of hydrogen-bond acceptors (Lipinski definition) is 5. The highest BCUT2D eigenvalue weighted by Gasteiger charge is 2.23. The number of hydrogen-bond donors (Lipinski definition) is 1. The Morgan fingerprint density at radius 2 is 2.14 bits per heavy atom. The Morgan fingerprint density at radius 1 is 1.43 bits per heavy atom. The highest BCUT2D eigenvalue weighted by molar-refractivity contribution is 7.89. The van der Waals surface area contributed by atoms with Gasteiger partial charge >= 0.3 is 0 Å². The average molecular weight is 331 g/mol. The Kier molecular flexibility index (Phi) is 4.31. The van der Waals surface area contributed by atoms with E-state index >= 15 is 0 Å². The summed E-state index contributed by atoms with van der Waals surface area (Å²) in [5.41, 5.74) is -0.141.